The summed E-state index contributed by atoms with van der Waals surface area (Å²) in [6.07, 6.45) is 3.44. The fraction of sp³-hybridized carbons (Fsp3) is 0.481. The van der Waals surface area contributed by atoms with Gasteiger partial charge in [-0.3, -0.25) is 9.69 Å². The summed E-state index contributed by atoms with van der Waals surface area (Å²) in [5, 5.41) is 9.39. The maximum atomic E-state index is 11.8. The third-order valence-corrected chi connectivity index (χ3v) is 6.19. The van der Waals surface area contributed by atoms with E-state index in [1.165, 1.54) is 37.1 Å². The molecule has 0 atom stereocenters. The molecule has 6 nitrogen and oxygen atoms in total. The van der Waals surface area contributed by atoms with Crippen LogP contribution >= 0.6 is 0 Å². The average molecular weight is 450 g/mol. The van der Waals surface area contributed by atoms with Crippen LogP contribution in [0.1, 0.15) is 53.7 Å². The lowest BCUT2D eigenvalue weighted by Gasteiger charge is -2.30. The lowest BCUT2D eigenvalue weighted by molar-refractivity contribution is 0.0963. The summed E-state index contributed by atoms with van der Waals surface area (Å²) in [7, 11) is 1.65. The molecular formula is C27H39N5O. The van der Waals surface area contributed by atoms with Crippen LogP contribution in [-0.2, 0) is 19.5 Å². The number of hydrogen-bond acceptors (Lipinski definition) is 3. The quantitative estimate of drug-likeness (QED) is 0.404. The van der Waals surface area contributed by atoms with Gasteiger partial charge in [0.15, 0.2) is 5.96 Å². The fourth-order valence-corrected chi connectivity index (χ4v) is 4.08. The molecule has 1 aliphatic heterocycles. The van der Waals surface area contributed by atoms with Gasteiger partial charge in [-0.05, 0) is 74.0 Å². The highest BCUT2D eigenvalue weighted by Gasteiger charge is 2.15. The molecule has 3 rings (SSSR count). The first-order valence-corrected chi connectivity index (χ1v) is 12.2. The van der Waals surface area contributed by atoms with Crippen molar-refractivity contribution in [1.82, 2.24) is 20.9 Å². The highest BCUT2D eigenvalue weighted by molar-refractivity contribution is 5.94. The molecule has 2 aromatic rings. The average Bonchev–Trinajstić information content (AvgIpc) is 2.84. The van der Waals surface area contributed by atoms with Crippen LogP contribution in [0.25, 0.3) is 0 Å². The number of carbonyl (C=O) groups is 1. The molecule has 0 unspecified atom stereocenters. The Morgan fingerprint density at radius 2 is 1.76 bits per heavy atom. The molecule has 1 saturated heterocycles. The normalized spacial score (nSPS) is 15.3. The first-order chi connectivity index (χ1) is 16.1. The van der Waals surface area contributed by atoms with Crippen LogP contribution in [0.4, 0.5) is 0 Å². The summed E-state index contributed by atoms with van der Waals surface area (Å²) >= 11 is 0. The maximum absolute atomic E-state index is 11.8. The van der Waals surface area contributed by atoms with E-state index in [2.05, 4.69) is 59.0 Å². The highest BCUT2D eigenvalue weighted by Crippen LogP contribution is 2.18. The van der Waals surface area contributed by atoms with E-state index in [0.29, 0.717) is 12.1 Å². The number of aliphatic imine (C=N–C) groups is 1. The molecule has 0 bridgehead atoms. The molecule has 1 fully saturated rings. The molecule has 1 heterocycles. The molecule has 0 aromatic heterocycles. The second-order valence-electron chi connectivity index (χ2n) is 8.93. The van der Waals surface area contributed by atoms with Crippen molar-refractivity contribution in [2.45, 2.75) is 46.2 Å². The van der Waals surface area contributed by atoms with Crippen LogP contribution in [0.15, 0.2) is 53.5 Å². The summed E-state index contributed by atoms with van der Waals surface area (Å²) in [6, 6.07) is 16.6. The molecule has 0 spiro atoms. The Morgan fingerprint density at radius 1 is 1.03 bits per heavy atom. The van der Waals surface area contributed by atoms with E-state index in [4.69, 9.17) is 4.99 Å². The summed E-state index contributed by atoms with van der Waals surface area (Å²) in [5.41, 5.74) is 4.40. The Labute approximate surface area is 198 Å². The molecule has 3 N–H and O–H groups in total. The number of benzene rings is 2. The SMILES string of the molecule is CCNC(=NCc1ccc(CN2CCC(C)CC2)cc1)NCCc1cccc(C(=O)NC)c1. The number of amides is 1. The number of rotatable bonds is 9. The third kappa shape index (κ3) is 8.21. The molecule has 0 saturated carbocycles. The van der Waals surface area contributed by atoms with Gasteiger partial charge in [0.2, 0.25) is 0 Å². The molecular weight excluding hydrogens is 410 g/mol. The first kappa shape index (κ1) is 24.8. The van der Waals surface area contributed by atoms with Gasteiger partial charge in [0.25, 0.3) is 5.91 Å². The molecule has 6 heteroatoms. The van der Waals surface area contributed by atoms with Crippen LogP contribution < -0.4 is 16.0 Å². The van der Waals surface area contributed by atoms with Crippen molar-refractivity contribution in [2.75, 3.05) is 33.2 Å². The van der Waals surface area contributed by atoms with E-state index in [1.54, 1.807) is 7.05 Å². The van der Waals surface area contributed by atoms with E-state index in [1.807, 2.05) is 24.3 Å². The van der Waals surface area contributed by atoms with Gasteiger partial charge in [0.05, 0.1) is 6.54 Å². The van der Waals surface area contributed by atoms with Gasteiger partial charge in [-0.1, -0.05) is 43.3 Å². The van der Waals surface area contributed by atoms with Gasteiger partial charge in [0, 0.05) is 32.2 Å². The summed E-state index contributed by atoms with van der Waals surface area (Å²) in [6.45, 7) is 10.1. The van der Waals surface area contributed by atoms with Gasteiger partial charge >= 0.3 is 0 Å². The van der Waals surface area contributed by atoms with Gasteiger partial charge in [-0.2, -0.15) is 0 Å². The van der Waals surface area contributed by atoms with Gasteiger partial charge in [-0.25, -0.2) is 4.99 Å². The molecule has 1 amide bonds. The van der Waals surface area contributed by atoms with Crippen molar-refractivity contribution in [3.63, 3.8) is 0 Å². The number of nitrogens with zero attached hydrogens (tertiary/aromatic N) is 2. The van der Waals surface area contributed by atoms with E-state index in [0.717, 1.165) is 43.5 Å². The van der Waals surface area contributed by atoms with Crippen LogP contribution in [-0.4, -0.2) is 50.0 Å². The Bertz CT molecular complexity index is 901. The topological polar surface area (TPSA) is 68.8 Å². The predicted octanol–water partition coefficient (Wildman–Crippen LogP) is 3.58. The number of piperidine rings is 1. The number of likely N-dealkylation sites (tertiary alicyclic amines) is 1. The molecule has 0 radical (unpaired) electrons. The smallest absolute Gasteiger partial charge is 0.251 e. The summed E-state index contributed by atoms with van der Waals surface area (Å²) < 4.78 is 0. The standard InChI is InChI=1S/C27H39N5O/c1-4-29-27(30-15-12-22-6-5-7-25(18-22)26(33)28-3)31-19-23-8-10-24(11-9-23)20-32-16-13-21(2)14-17-32/h5-11,18,21H,4,12-17,19-20H2,1-3H3,(H,28,33)(H2,29,30,31). The minimum Gasteiger partial charge on any atom is -0.357 e. The molecule has 2 aromatic carbocycles. The van der Waals surface area contributed by atoms with Crippen molar-refractivity contribution in [1.29, 1.82) is 0 Å². The van der Waals surface area contributed by atoms with Crippen LogP contribution in [0.2, 0.25) is 0 Å². The number of guanidine groups is 1. The Morgan fingerprint density at radius 3 is 2.45 bits per heavy atom. The molecule has 178 valence electrons. The van der Waals surface area contributed by atoms with Crippen molar-refractivity contribution in [3.8, 4) is 0 Å². The van der Waals surface area contributed by atoms with Gasteiger partial charge in [-0.15, -0.1) is 0 Å². The second-order valence-corrected chi connectivity index (χ2v) is 8.93. The van der Waals surface area contributed by atoms with E-state index >= 15 is 0 Å². The van der Waals surface area contributed by atoms with Gasteiger partial charge < -0.3 is 16.0 Å². The zero-order chi connectivity index (χ0) is 23.5. The third-order valence-electron chi connectivity index (χ3n) is 6.19. The zero-order valence-electron chi connectivity index (χ0n) is 20.4. The van der Waals surface area contributed by atoms with Crippen molar-refractivity contribution < 1.29 is 4.79 Å². The van der Waals surface area contributed by atoms with Crippen LogP contribution in [0.5, 0.6) is 0 Å². The zero-order valence-corrected chi connectivity index (χ0v) is 20.4. The number of nitrogens with one attached hydrogen (secondary N) is 3. The van der Waals surface area contributed by atoms with E-state index in [-0.39, 0.29) is 5.91 Å². The Hall–Kier alpha value is -2.86. The van der Waals surface area contributed by atoms with Crippen LogP contribution in [0, 0.1) is 5.92 Å². The minimum atomic E-state index is -0.0590. The van der Waals surface area contributed by atoms with Crippen LogP contribution in [0.3, 0.4) is 0 Å². The number of carbonyl (C=O) groups excluding carboxylic acids is 1. The first-order valence-electron chi connectivity index (χ1n) is 12.2. The summed E-state index contributed by atoms with van der Waals surface area (Å²) in [4.78, 5) is 19.1. The van der Waals surface area contributed by atoms with E-state index < -0.39 is 0 Å². The van der Waals surface area contributed by atoms with Gasteiger partial charge in [0.1, 0.15) is 0 Å². The number of hydrogen-bond donors (Lipinski definition) is 3. The molecule has 0 aliphatic carbocycles. The molecule has 1 aliphatic rings. The minimum absolute atomic E-state index is 0.0590. The summed E-state index contributed by atoms with van der Waals surface area (Å²) in [5.74, 6) is 1.62. The maximum Gasteiger partial charge on any atom is 0.251 e. The van der Waals surface area contributed by atoms with E-state index in [9.17, 15) is 4.79 Å². The fourth-order valence-electron chi connectivity index (χ4n) is 4.08. The Balaban J connectivity index is 1.48. The Kier molecular flexibility index (Phi) is 9.76. The van der Waals surface area contributed by atoms with Crippen molar-refractivity contribution >= 4 is 11.9 Å². The predicted molar refractivity (Wildman–Crippen MR) is 136 cm³/mol. The van der Waals surface area contributed by atoms with Crippen molar-refractivity contribution in [3.05, 3.63) is 70.8 Å². The highest BCUT2D eigenvalue weighted by atomic mass is 16.1. The molecule has 33 heavy (non-hydrogen) atoms. The lowest BCUT2D eigenvalue weighted by Crippen LogP contribution is -2.38. The largest absolute Gasteiger partial charge is 0.357 e. The lowest BCUT2D eigenvalue weighted by atomic mass is 9.99. The van der Waals surface area contributed by atoms with Crippen molar-refractivity contribution in [2.24, 2.45) is 10.9 Å². The monoisotopic (exact) mass is 449 g/mol. The second kappa shape index (κ2) is 13.0.